The Balaban J connectivity index is 1.57. The Morgan fingerprint density at radius 1 is 1.22 bits per heavy atom. The molecule has 1 unspecified atom stereocenters. The number of rotatable bonds is 2. The second-order valence-corrected chi connectivity index (χ2v) is 6.75. The number of carbonyl (C=O) groups excluding carboxylic acids is 1. The van der Waals surface area contributed by atoms with E-state index in [9.17, 15) is 4.79 Å². The van der Waals surface area contributed by atoms with Crippen LogP contribution in [0.1, 0.15) is 32.6 Å². The van der Waals surface area contributed by atoms with E-state index in [1.807, 2.05) is 12.3 Å². The first-order valence-electron chi connectivity index (χ1n) is 8.57. The molecule has 0 saturated carbocycles. The monoisotopic (exact) mass is 313 g/mol. The summed E-state index contributed by atoms with van der Waals surface area (Å²) < 4.78 is 0. The van der Waals surface area contributed by atoms with Crippen molar-refractivity contribution in [3.8, 4) is 0 Å². The fourth-order valence-corrected chi connectivity index (χ4v) is 3.96. The first-order chi connectivity index (χ1) is 11.2. The highest BCUT2D eigenvalue weighted by Gasteiger charge is 2.33. The van der Waals surface area contributed by atoms with Gasteiger partial charge >= 0.3 is 0 Å². The van der Waals surface area contributed by atoms with Crippen molar-refractivity contribution in [3.63, 3.8) is 0 Å². The number of hydrogen-bond donors (Lipinski definition) is 1. The van der Waals surface area contributed by atoms with E-state index < -0.39 is 0 Å². The fraction of sp³-hybridized carbons (Fsp3) is 0.588. The van der Waals surface area contributed by atoms with Crippen LogP contribution in [0.25, 0.3) is 11.0 Å². The zero-order chi connectivity index (χ0) is 15.8. The van der Waals surface area contributed by atoms with E-state index in [1.54, 1.807) is 6.33 Å². The SMILES string of the molecule is CC1CCCN([C@@H]2CCCN(c3ncnc4[nH]ccc34)C2)C1=O. The van der Waals surface area contributed by atoms with Crippen LogP contribution in [0, 0.1) is 5.92 Å². The van der Waals surface area contributed by atoms with Crippen molar-refractivity contribution in [2.24, 2.45) is 5.92 Å². The van der Waals surface area contributed by atoms with Crippen LogP contribution in [-0.4, -0.2) is 51.4 Å². The molecular formula is C17H23N5O. The van der Waals surface area contributed by atoms with E-state index in [0.717, 1.165) is 62.2 Å². The number of nitrogens with one attached hydrogen (secondary N) is 1. The molecule has 1 N–H and O–H groups in total. The first kappa shape index (κ1) is 14.5. The summed E-state index contributed by atoms with van der Waals surface area (Å²) in [5, 5.41) is 1.06. The van der Waals surface area contributed by atoms with Crippen LogP contribution < -0.4 is 4.90 Å². The lowest BCUT2D eigenvalue weighted by Gasteiger charge is -2.42. The minimum Gasteiger partial charge on any atom is -0.354 e. The van der Waals surface area contributed by atoms with E-state index in [0.29, 0.717) is 11.9 Å². The Hall–Kier alpha value is -2.11. The van der Waals surface area contributed by atoms with Gasteiger partial charge in [-0.25, -0.2) is 9.97 Å². The van der Waals surface area contributed by atoms with Crippen molar-refractivity contribution in [2.75, 3.05) is 24.5 Å². The maximum Gasteiger partial charge on any atom is 0.225 e. The van der Waals surface area contributed by atoms with Gasteiger partial charge in [0.05, 0.1) is 5.39 Å². The second-order valence-electron chi connectivity index (χ2n) is 6.75. The van der Waals surface area contributed by atoms with Gasteiger partial charge < -0.3 is 14.8 Å². The van der Waals surface area contributed by atoms with E-state index in [2.05, 4.69) is 31.7 Å². The largest absolute Gasteiger partial charge is 0.354 e. The molecule has 23 heavy (non-hydrogen) atoms. The molecule has 2 aliphatic rings. The number of piperidine rings is 2. The van der Waals surface area contributed by atoms with Gasteiger partial charge in [0.1, 0.15) is 17.8 Å². The minimum atomic E-state index is 0.176. The summed E-state index contributed by atoms with van der Waals surface area (Å²) in [6.45, 7) is 4.83. The van der Waals surface area contributed by atoms with Gasteiger partial charge in [-0.1, -0.05) is 6.92 Å². The Labute approximate surface area is 135 Å². The third-order valence-corrected chi connectivity index (χ3v) is 5.21. The lowest BCUT2D eigenvalue weighted by Crippen LogP contribution is -2.53. The molecule has 2 aliphatic heterocycles. The number of aromatic nitrogens is 3. The quantitative estimate of drug-likeness (QED) is 0.923. The number of carbonyl (C=O) groups is 1. The molecule has 0 spiro atoms. The predicted molar refractivity (Wildman–Crippen MR) is 89.2 cm³/mol. The number of amides is 1. The summed E-state index contributed by atoms with van der Waals surface area (Å²) in [5.41, 5.74) is 0.875. The molecule has 0 bridgehead atoms. The predicted octanol–water partition coefficient (Wildman–Crippen LogP) is 2.19. The highest BCUT2D eigenvalue weighted by molar-refractivity contribution is 5.87. The number of fused-ring (bicyclic) bond motifs is 1. The van der Waals surface area contributed by atoms with Crippen LogP contribution in [0.5, 0.6) is 0 Å². The number of likely N-dealkylation sites (tertiary alicyclic amines) is 1. The van der Waals surface area contributed by atoms with Gasteiger partial charge in [0.2, 0.25) is 5.91 Å². The molecular weight excluding hydrogens is 290 g/mol. The standard InChI is InChI=1S/C17H23N5O/c1-12-4-2-9-22(17(12)23)13-5-3-8-21(10-13)16-14-6-7-18-15(14)19-11-20-16/h6-7,11-13H,2-5,8-10H2,1H3,(H,18,19,20)/t12?,13-/m1/s1. The molecule has 2 aromatic heterocycles. The smallest absolute Gasteiger partial charge is 0.225 e. The summed E-state index contributed by atoms with van der Waals surface area (Å²) >= 11 is 0. The number of H-pyrrole nitrogens is 1. The van der Waals surface area contributed by atoms with Crippen LogP contribution in [0.2, 0.25) is 0 Å². The molecule has 0 aromatic carbocycles. The highest BCUT2D eigenvalue weighted by atomic mass is 16.2. The first-order valence-corrected chi connectivity index (χ1v) is 8.57. The lowest BCUT2D eigenvalue weighted by molar-refractivity contribution is -0.140. The summed E-state index contributed by atoms with van der Waals surface area (Å²) in [4.78, 5) is 28.9. The lowest BCUT2D eigenvalue weighted by atomic mass is 9.95. The van der Waals surface area contributed by atoms with Crippen LogP contribution in [0.4, 0.5) is 5.82 Å². The molecule has 4 rings (SSSR count). The Bertz CT molecular complexity index is 712. The van der Waals surface area contributed by atoms with Gasteiger partial charge in [-0.3, -0.25) is 4.79 Å². The molecule has 1 amide bonds. The summed E-state index contributed by atoms with van der Waals surface area (Å²) in [5.74, 6) is 1.49. The summed E-state index contributed by atoms with van der Waals surface area (Å²) in [6.07, 6.45) is 7.86. The van der Waals surface area contributed by atoms with E-state index in [1.165, 1.54) is 0 Å². The molecule has 4 heterocycles. The van der Waals surface area contributed by atoms with Crippen molar-refractivity contribution >= 4 is 22.8 Å². The fourth-order valence-electron chi connectivity index (χ4n) is 3.96. The average Bonchev–Trinajstić information content (AvgIpc) is 3.06. The number of aromatic amines is 1. The Morgan fingerprint density at radius 2 is 2.09 bits per heavy atom. The number of anilines is 1. The third kappa shape index (κ3) is 2.56. The van der Waals surface area contributed by atoms with Crippen molar-refractivity contribution in [3.05, 3.63) is 18.6 Å². The van der Waals surface area contributed by atoms with Gasteiger partial charge in [-0.15, -0.1) is 0 Å². The van der Waals surface area contributed by atoms with E-state index in [4.69, 9.17) is 0 Å². The van der Waals surface area contributed by atoms with Gasteiger partial charge in [-0.2, -0.15) is 0 Å². The van der Waals surface area contributed by atoms with Gasteiger partial charge in [0.25, 0.3) is 0 Å². The second kappa shape index (κ2) is 5.83. The normalized spacial score (nSPS) is 26.0. The van der Waals surface area contributed by atoms with Gasteiger partial charge in [0.15, 0.2) is 0 Å². The molecule has 2 saturated heterocycles. The molecule has 6 heteroatoms. The molecule has 0 aliphatic carbocycles. The minimum absolute atomic E-state index is 0.176. The molecule has 2 atom stereocenters. The van der Waals surface area contributed by atoms with Crippen LogP contribution in [0.3, 0.4) is 0 Å². The van der Waals surface area contributed by atoms with Crippen molar-refractivity contribution in [1.29, 1.82) is 0 Å². The Morgan fingerprint density at radius 3 is 3.00 bits per heavy atom. The molecule has 6 nitrogen and oxygen atoms in total. The van der Waals surface area contributed by atoms with Crippen molar-refractivity contribution < 1.29 is 4.79 Å². The third-order valence-electron chi connectivity index (χ3n) is 5.21. The molecule has 2 fully saturated rings. The number of hydrogen-bond acceptors (Lipinski definition) is 4. The summed E-state index contributed by atoms with van der Waals surface area (Å²) in [7, 11) is 0. The van der Waals surface area contributed by atoms with Gasteiger partial charge in [0, 0.05) is 37.8 Å². The molecule has 2 aromatic rings. The summed E-state index contributed by atoms with van der Waals surface area (Å²) in [6, 6.07) is 2.34. The van der Waals surface area contributed by atoms with E-state index >= 15 is 0 Å². The van der Waals surface area contributed by atoms with Crippen molar-refractivity contribution in [2.45, 2.75) is 38.6 Å². The maximum atomic E-state index is 12.5. The zero-order valence-electron chi connectivity index (χ0n) is 13.5. The number of nitrogens with zero attached hydrogens (tertiary/aromatic N) is 4. The van der Waals surface area contributed by atoms with Crippen molar-refractivity contribution in [1.82, 2.24) is 19.9 Å². The van der Waals surface area contributed by atoms with Gasteiger partial charge in [-0.05, 0) is 31.7 Å². The van der Waals surface area contributed by atoms with E-state index in [-0.39, 0.29) is 5.92 Å². The average molecular weight is 313 g/mol. The highest BCUT2D eigenvalue weighted by Crippen LogP contribution is 2.28. The molecule has 0 radical (unpaired) electrons. The van der Waals surface area contributed by atoms with Crippen LogP contribution in [0.15, 0.2) is 18.6 Å². The maximum absolute atomic E-state index is 12.5. The van der Waals surface area contributed by atoms with Crippen LogP contribution in [-0.2, 0) is 4.79 Å². The molecule has 122 valence electrons. The topological polar surface area (TPSA) is 65.1 Å². The Kier molecular flexibility index (Phi) is 3.67. The zero-order valence-corrected chi connectivity index (χ0v) is 13.5. The van der Waals surface area contributed by atoms with Crippen LogP contribution >= 0.6 is 0 Å².